The van der Waals surface area contributed by atoms with Gasteiger partial charge in [0.25, 0.3) is 0 Å². The van der Waals surface area contributed by atoms with Gasteiger partial charge in [-0.25, -0.2) is 0 Å². The van der Waals surface area contributed by atoms with Crippen LogP contribution in [0.1, 0.15) is 36.8 Å². The second-order valence-electron chi connectivity index (χ2n) is 4.90. The number of anilines is 2. The van der Waals surface area contributed by atoms with Crippen molar-refractivity contribution in [3.8, 4) is 0 Å². The van der Waals surface area contributed by atoms with Crippen LogP contribution in [0.15, 0.2) is 12.1 Å². The predicted molar refractivity (Wildman–Crippen MR) is 71.0 cm³/mol. The van der Waals surface area contributed by atoms with E-state index in [1.807, 2.05) is 0 Å². The van der Waals surface area contributed by atoms with Crippen molar-refractivity contribution in [2.75, 3.05) is 23.7 Å². The number of benzene rings is 1. The Labute approximate surface area is 98.4 Å². The molecule has 2 nitrogen and oxygen atoms in total. The van der Waals surface area contributed by atoms with E-state index in [1.165, 1.54) is 55.6 Å². The molecule has 1 aliphatic heterocycles. The zero-order valence-electron chi connectivity index (χ0n) is 10.4. The summed E-state index contributed by atoms with van der Waals surface area (Å²) >= 11 is 0. The van der Waals surface area contributed by atoms with Gasteiger partial charge in [-0.1, -0.05) is 12.8 Å². The minimum atomic E-state index is 0.883. The Morgan fingerprint density at radius 3 is 1.94 bits per heavy atom. The number of rotatable bonds is 1. The fraction of sp³-hybridized carbons (Fsp3) is 0.571. The second kappa shape index (κ2) is 4.77. The summed E-state index contributed by atoms with van der Waals surface area (Å²) in [5.74, 6) is 0. The van der Waals surface area contributed by atoms with Gasteiger partial charge < -0.3 is 10.6 Å². The van der Waals surface area contributed by atoms with Crippen LogP contribution in [0.25, 0.3) is 0 Å². The van der Waals surface area contributed by atoms with Crippen molar-refractivity contribution in [2.45, 2.75) is 39.5 Å². The van der Waals surface area contributed by atoms with Crippen LogP contribution in [0.3, 0.4) is 0 Å². The molecular formula is C14H22N2. The van der Waals surface area contributed by atoms with Gasteiger partial charge in [0.1, 0.15) is 0 Å². The van der Waals surface area contributed by atoms with Gasteiger partial charge in [-0.05, 0) is 49.9 Å². The molecule has 0 aromatic heterocycles. The molecule has 0 atom stereocenters. The Kier molecular flexibility index (Phi) is 3.37. The normalized spacial score (nSPS) is 17.2. The van der Waals surface area contributed by atoms with Crippen molar-refractivity contribution in [2.24, 2.45) is 0 Å². The summed E-state index contributed by atoms with van der Waals surface area (Å²) < 4.78 is 0. The molecule has 1 aliphatic rings. The Balaban J connectivity index is 2.31. The lowest BCUT2D eigenvalue weighted by Crippen LogP contribution is -2.25. The smallest absolute Gasteiger partial charge is 0.0427 e. The van der Waals surface area contributed by atoms with Crippen LogP contribution in [-0.2, 0) is 0 Å². The summed E-state index contributed by atoms with van der Waals surface area (Å²) in [6, 6.07) is 4.18. The molecule has 0 spiro atoms. The fourth-order valence-corrected chi connectivity index (χ4v) is 2.78. The van der Waals surface area contributed by atoms with Gasteiger partial charge in [0.05, 0.1) is 0 Å². The van der Waals surface area contributed by atoms with Crippen molar-refractivity contribution in [3.63, 3.8) is 0 Å². The highest BCUT2D eigenvalue weighted by atomic mass is 15.1. The quantitative estimate of drug-likeness (QED) is 0.733. The molecule has 0 amide bonds. The van der Waals surface area contributed by atoms with Gasteiger partial charge in [-0.3, -0.25) is 0 Å². The highest BCUT2D eigenvalue weighted by Gasteiger charge is 2.14. The first-order chi connectivity index (χ1) is 7.68. The van der Waals surface area contributed by atoms with E-state index in [0.717, 1.165) is 5.69 Å². The molecule has 0 bridgehead atoms. The second-order valence-corrected chi connectivity index (χ2v) is 4.90. The highest BCUT2D eigenvalue weighted by Crippen LogP contribution is 2.29. The maximum Gasteiger partial charge on any atom is 0.0427 e. The van der Waals surface area contributed by atoms with E-state index < -0.39 is 0 Å². The van der Waals surface area contributed by atoms with Crippen molar-refractivity contribution < 1.29 is 0 Å². The van der Waals surface area contributed by atoms with Crippen molar-refractivity contribution in [3.05, 3.63) is 23.3 Å². The molecule has 1 heterocycles. The van der Waals surface area contributed by atoms with Crippen LogP contribution >= 0.6 is 0 Å². The van der Waals surface area contributed by atoms with Gasteiger partial charge in [0, 0.05) is 24.5 Å². The predicted octanol–water partition coefficient (Wildman–Crippen LogP) is 3.27. The molecule has 2 rings (SSSR count). The molecular weight excluding hydrogens is 196 g/mol. The van der Waals surface area contributed by atoms with Crippen molar-refractivity contribution >= 4 is 11.4 Å². The van der Waals surface area contributed by atoms with Gasteiger partial charge in [0.2, 0.25) is 0 Å². The number of nitrogens with two attached hydrogens (primary N) is 1. The average molecular weight is 218 g/mol. The standard InChI is InChI=1S/C14H22N2/c1-11-9-13(15)10-12(2)14(11)16-7-5-3-4-6-8-16/h9-10H,3-8,15H2,1-2H3. The number of hydrogen-bond acceptors (Lipinski definition) is 2. The molecule has 2 heteroatoms. The van der Waals surface area contributed by atoms with Gasteiger partial charge in [0.15, 0.2) is 0 Å². The van der Waals surface area contributed by atoms with E-state index in [2.05, 4.69) is 30.9 Å². The molecule has 1 aromatic rings. The number of nitrogen functional groups attached to an aromatic ring is 1. The van der Waals surface area contributed by atoms with Crippen LogP contribution in [0.5, 0.6) is 0 Å². The third-order valence-electron chi connectivity index (χ3n) is 3.44. The monoisotopic (exact) mass is 218 g/mol. The molecule has 2 N–H and O–H groups in total. The zero-order valence-corrected chi connectivity index (χ0v) is 10.4. The largest absolute Gasteiger partial charge is 0.399 e. The van der Waals surface area contributed by atoms with Crippen LogP contribution in [0.4, 0.5) is 11.4 Å². The first-order valence-electron chi connectivity index (χ1n) is 6.30. The molecule has 1 aromatic carbocycles. The Morgan fingerprint density at radius 1 is 0.938 bits per heavy atom. The number of nitrogens with zero attached hydrogens (tertiary/aromatic N) is 1. The third kappa shape index (κ3) is 2.31. The topological polar surface area (TPSA) is 29.3 Å². The summed E-state index contributed by atoms with van der Waals surface area (Å²) in [6.45, 7) is 6.74. The molecule has 1 saturated heterocycles. The minimum Gasteiger partial charge on any atom is -0.399 e. The lowest BCUT2D eigenvalue weighted by atomic mass is 10.1. The Morgan fingerprint density at radius 2 is 1.44 bits per heavy atom. The lowest BCUT2D eigenvalue weighted by molar-refractivity contribution is 0.726. The van der Waals surface area contributed by atoms with Crippen molar-refractivity contribution in [1.82, 2.24) is 0 Å². The summed E-state index contributed by atoms with van der Waals surface area (Å²) in [6.07, 6.45) is 5.40. The molecule has 88 valence electrons. The fourth-order valence-electron chi connectivity index (χ4n) is 2.78. The highest BCUT2D eigenvalue weighted by molar-refractivity contribution is 5.64. The van der Waals surface area contributed by atoms with E-state index in [0.29, 0.717) is 0 Å². The van der Waals surface area contributed by atoms with Gasteiger partial charge >= 0.3 is 0 Å². The zero-order chi connectivity index (χ0) is 11.5. The van der Waals surface area contributed by atoms with E-state index in [1.54, 1.807) is 0 Å². The molecule has 0 unspecified atom stereocenters. The third-order valence-corrected chi connectivity index (χ3v) is 3.44. The Hall–Kier alpha value is -1.18. The molecule has 16 heavy (non-hydrogen) atoms. The van der Waals surface area contributed by atoms with Gasteiger partial charge in [-0.15, -0.1) is 0 Å². The molecule has 0 radical (unpaired) electrons. The summed E-state index contributed by atoms with van der Waals surface area (Å²) in [5, 5.41) is 0. The summed E-state index contributed by atoms with van der Waals surface area (Å²) in [4.78, 5) is 2.54. The molecule has 0 aliphatic carbocycles. The van der Waals surface area contributed by atoms with E-state index in [4.69, 9.17) is 5.73 Å². The van der Waals surface area contributed by atoms with Crippen LogP contribution < -0.4 is 10.6 Å². The van der Waals surface area contributed by atoms with E-state index in [9.17, 15) is 0 Å². The van der Waals surface area contributed by atoms with Crippen molar-refractivity contribution in [1.29, 1.82) is 0 Å². The average Bonchev–Trinajstić information content (AvgIpc) is 2.44. The lowest BCUT2D eigenvalue weighted by Gasteiger charge is -2.26. The maximum absolute atomic E-state index is 5.87. The number of aryl methyl sites for hydroxylation is 2. The molecule has 1 fully saturated rings. The minimum absolute atomic E-state index is 0.883. The first kappa shape index (κ1) is 11.3. The Bertz CT molecular complexity index is 340. The molecule has 0 saturated carbocycles. The van der Waals surface area contributed by atoms with Gasteiger partial charge in [-0.2, -0.15) is 0 Å². The first-order valence-corrected chi connectivity index (χ1v) is 6.30. The van der Waals surface area contributed by atoms with E-state index >= 15 is 0 Å². The SMILES string of the molecule is Cc1cc(N)cc(C)c1N1CCCCCC1. The maximum atomic E-state index is 5.87. The van der Waals surface area contributed by atoms with Crippen LogP contribution in [0, 0.1) is 13.8 Å². The number of hydrogen-bond donors (Lipinski definition) is 1. The van der Waals surface area contributed by atoms with E-state index in [-0.39, 0.29) is 0 Å². The summed E-state index contributed by atoms with van der Waals surface area (Å²) in [5.41, 5.74) is 10.8. The van der Waals surface area contributed by atoms with Crippen LogP contribution in [0.2, 0.25) is 0 Å². The summed E-state index contributed by atoms with van der Waals surface area (Å²) in [7, 11) is 0. The van der Waals surface area contributed by atoms with Crippen LogP contribution in [-0.4, -0.2) is 13.1 Å².